The van der Waals surface area contributed by atoms with Crippen molar-refractivity contribution in [3.63, 3.8) is 0 Å². The van der Waals surface area contributed by atoms with Crippen LogP contribution in [-0.2, 0) is 11.3 Å². The summed E-state index contributed by atoms with van der Waals surface area (Å²) in [6.45, 7) is 0.445. The third-order valence-corrected chi connectivity index (χ3v) is 4.88. The van der Waals surface area contributed by atoms with Crippen LogP contribution in [0.1, 0.15) is 29.0 Å². The van der Waals surface area contributed by atoms with E-state index in [1.807, 2.05) is 60.7 Å². The summed E-state index contributed by atoms with van der Waals surface area (Å²) in [5.74, 6) is 0.767. The Hall–Kier alpha value is -3.66. The molecule has 1 N–H and O–H groups in total. The van der Waals surface area contributed by atoms with Gasteiger partial charge in [0.15, 0.2) is 5.76 Å². The zero-order chi connectivity index (χ0) is 19.9. The summed E-state index contributed by atoms with van der Waals surface area (Å²) >= 11 is 0. The second-order valence-electron chi connectivity index (χ2n) is 6.88. The van der Waals surface area contributed by atoms with E-state index in [2.05, 4.69) is 34.6 Å². The summed E-state index contributed by atoms with van der Waals surface area (Å²) in [6.07, 6.45) is 3.79. The molecule has 0 saturated heterocycles. The Morgan fingerprint density at radius 3 is 2.10 bits per heavy atom. The molecule has 29 heavy (non-hydrogen) atoms. The van der Waals surface area contributed by atoms with Crippen molar-refractivity contribution in [1.29, 1.82) is 0 Å². The predicted octanol–water partition coefficient (Wildman–Crippen LogP) is 5.18. The van der Waals surface area contributed by atoms with E-state index in [1.165, 1.54) is 0 Å². The Labute approximate surface area is 170 Å². The molecule has 0 aliphatic carbocycles. The van der Waals surface area contributed by atoms with E-state index in [1.54, 1.807) is 12.5 Å². The number of hydrogen-bond acceptors (Lipinski definition) is 3. The molecule has 2 aromatic carbocycles. The van der Waals surface area contributed by atoms with Crippen LogP contribution in [0.25, 0.3) is 11.5 Å². The van der Waals surface area contributed by atoms with Crippen molar-refractivity contribution in [1.82, 2.24) is 10.3 Å². The van der Waals surface area contributed by atoms with Gasteiger partial charge in [-0.15, -0.1) is 0 Å². The number of rotatable bonds is 7. The van der Waals surface area contributed by atoms with E-state index in [4.69, 9.17) is 4.42 Å². The number of carbonyl (C=O) groups excluding carboxylic acids is 1. The van der Waals surface area contributed by atoms with Crippen LogP contribution >= 0.6 is 0 Å². The molecule has 144 valence electrons. The molecule has 0 unspecified atom stereocenters. The van der Waals surface area contributed by atoms with Gasteiger partial charge in [-0.05, 0) is 34.9 Å². The van der Waals surface area contributed by atoms with Gasteiger partial charge in [0, 0.05) is 25.1 Å². The predicted molar refractivity (Wildman–Crippen MR) is 113 cm³/mol. The first-order valence-corrected chi connectivity index (χ1v) is 9.65. The monoisotopic (exact) mass is 382 g/mol. The topological polar surface area (TPSA) is 55.1 Å². The van der Waals surface area contributed by atoms with Crippen LogP contribution in [0.3, 0.4) is 0 Å². The fraction of sp³-hybridized carbons (Fsp3) is 0.120. The van der Waals surface area contributed by atoms with Gasteiger partial charge in [-0.3, -0.25) is 9.78 Å². The first-order chi connectivity index (χ1) is 14.3. The van der Waals surface area contributed by atoms with Gasteiger partial charge in [0.2, 0.25) is 5.91 Å². The molecular weight excluding hydrogens is 360 g/mol. The van der Waals surface area contributed by atoms with Gasteiger partial charge in [-0.2, -0.15) is 0 Å². The molecule has 4 heteroatoms. The van der Waals surface area contributed by atoms with Crippen LogP contribution in [0, 0.1) is 0 Å². The van der Waals surface area contributed by atoms with Gasteiger partial charge in [0.1, 0.15) is 5.69 Å². The van der Waals surface area contributed by atoms with Gasteiger partial charge in [0.25, 0.3) is 0 Å². The molecule has 0 fully saturated rings. The number of aromatic nitrogens is 1. The van der Waals surface area contributed by atoms with Crippen LogP contribution in [-0.4, -0.2) is 10.9 Å². The van der Waals surface area contributed by atoms with Gasteiger partial charge in [-0.1, -0.05) is 66.7 Å². The van der Waals surface area contributed by atoms with Crippen molar-refractivity contribution in [3.05, 3.63) is 114 Å². The van der Waals surface area contributed by atoms with Gasteiger partial charge >= 0.3 is 0 Å². The molecule has 4 nitrogen and oxygen atoms in total. The number of furan rings is 1. The van der Waals surface area contributed by atoms with E-state index in [0.29, 0.717) is 13.0 Å². The van der Waals surface area contributed by atoms with E-state index >= 15 is 0 Å². The SMILES string of the molecule is O=C(CC(c1ccccc1)c1ccccc1)NCc1ccc(-c2ccco2)nc1. The fourth-order valence-electron chi connectivity index (χ4n) is 3.36. The Morgan fingerprint density at radius 2 is 1.55 bits per heavy atom. The number of nitrogens with one attached hydrogen (secondary N) is 1. The molecular formula is C25H22N2O2. The summed E-state index contributed by atoms with van der Waals surface area (Å²) in [4.78, 5) is 17.1. The number of nitrogens with zero attached hydrogens (tertiary/aromatic N) is 1. The van der Waals surface area contributed by atoms with Crippen molar-refractivity contribution < 1.29 is 9.21 Å². The highest BCUT2D eigenvalue weighted by Crippen LogP contribution is 2.27. The first-order valence-electron chi connectivity index (χ1n) is 9.65. The van der Waals surface area contributed by atoms with E-state index in [-0.39, 0.29) is 11.8 Å². The summed E-state index contributed by atoms with van der Waals surface area (Å²) in [5.41, 5.74) is 4.00. The standard InChI is InChI=1S/C25H22N2O2/c28-25(27-18-19-13-14-23(26-17-19)24-12-7-15-29-24)16-22(20-8-3-1-4-9-20)21-10-5-2-6-11-21/h1-15,17,22H,16,18H2,(H,27,28). The van der Waals surface area contributed by atoms with Crippen LogP contribution < -0.4 is 5.32 Å². The molecule has 0 bridgehead atoms. The fourth-order valence-corrected chi connectivity index (χ4v) is 3.36. The van der Waals surface area contributed by atoms with Crippen LogP contribution in [0.2, 0.25) is 0 Å². The molecule has 1 amide bonds. The highest BCUT2D eigenvalue weighted by atomic mass is 16.3. The van der Waals surface area contributed by atoms with E-state index < -0.39 is 0 Å². The number of benzene rings is 2. The van der Waals surface area contributed by atoms with Crippen LogP contribution in [0.4, 0.5) is 0 Å². The summed E-state index contributed by atoms with van der Waals surface area (Å²) in [6, 6.07) is 27.9. The van der Waals surface area contributed by atoms with Crippen molar-refractivity contribution in [2.75, 3.05) is 0 Å². The Morgan fingerprint density at radius 1 is 0.862 bits per heavy atom. The molecule has 0 aliphatic rings. The number of pyridine rings is 1. The third-order valence-electron chi connectivity index (χ3n) is 4.88. The molecule has 4 aromatic rings. The second kappa shape index (κ2) is 9.02. The van der Waals surface area contributed by atoms with Crippen LogP contribution in [0.5, 0.6) is 0 Å². The van der Waals surface area contributed by atoms with E-state index in [9.17, 15) is 4.79 Å². The molecule has 0 saturated carbocycles. The lowest BCUT2D eigenvalue weighted by Crippen LogP contribution is -2.25. The Balaban J connectivity index is 1.41. The minimum absolute atomic E-state index is 0.0119. The number of hydrogen-bond donors (Lipinski definition) is 1. The van der Waals surface area contributed by atoms with E-state index in [0.717, 1.165) is 28.1 Å². The molecule has 0 radical (unpaired) electrons. The summed E-state index contributed by atoms with van der Waals surface area (Å²) in [5, 5.41) is 3.02. The Bertz CT molecular complexity index is 988. The van der Waals surface area contributed by atoms with Crippen molar-refractivity contribution in [2.45, 2.75) is 18.9 Å². The highest BCUT2D eigenvalue weighted by Gasteiger charge is 2.18. The molecule has 0 aliphatic heterocycles. The molecule has 2 aromatic heterocycles. The highest BCUT2D eigenvalue weighted by molar-refractivity contribution is 5.77. The molecule has 4 rings (SSSR count). The van der Waals surface area contributed by atoms with Crippen molar-refractivity contribution >= 4 is 5.91 Å². The first kappa shape index (κ1) is 18.7. The largest absolute Gasteiger partial charge is 0.463 e. The lowest BCUT2D eigenvalue weighted by molar-refractivity contribution is -0.121. The minimum atomic E-state index is 0.0119. The Kier molecular flexibility index (Phi) is 5.81. The molecule has 0 atom stereocenters. The van der Waals surface area contributed by atoms with Crippen molar-refractivity contribution in [2.24, 2.45) is 0 Å². The molecule has 0 spiro atoms. The summed E-state index contributed by atoms with van der Waals surface area (Å²) < 4.78 is 5.35. The van der Waals surface area contributed by atoms with Gasteiger partial charge in [-0.25, -0.2) is 0 Å². The number of carbonyl (C=O) groups is 1. The maximum atomic E-state index is 12.7. The van der Waals surface area contributed by atoms with Crippen LogP contribution in [0.15, 0.2) is 102 Å². The average Bonchev–Trinajstić information content (AvgIpc) is 3.33. The quantitative estimate of drug-likeness (QED) is 0.479. The maximum absolute atomic E-state index is 12.7. The number of amides is 1. The lowest BCUT2D eigenvalue weighted by atomic mass is 9.88. The van der Waals surface area contributed by atoms with Crippen molar-refractivity contribution in [3.8, 4) is 11.5 Å². The zero-order valence-electron chi connectivity index (χ0n) is 16.0. The summed E-state index contributed by atoms with van der Waals surface area (Å²) in [7, 11) is 0. The van der Waals surface area contributed by atoms with Gasteiger partial charge in [0.05, 0.1) is 6.26 Å². The zero-order valence-corrected chi connectivity index (χ0v) is 16.0. The third kappa shape index (κ3) is 4.79. The maximum Gasteiger partial charge on any atom is 0.221 e. The molecule has 2 heterocycles. The normalized spacial score (nSPS) is 10.8. The second-order valence-corrected chi connectivity index (χ2v) is 6.88. The average molecular weight is 382 g/mol. The van der Waals surface area contributed by atoms with Gasteiger partial charge < -0.3 is 9.73 Å². The lowest BCUT2D eigenvalue weighted by Gasteiger charge is -2.18. The minimum Gasteiger partial charge on any atom is -0.463 e. The smallest absolute Gasteiger partial charge is 0.221 e.